The second-order valence-corrected chi connectivity index (χ2v) is 8.27. The van der Waals surface area contributed by atoms with Gasteiger partial charge in [0.2, 0.25) is 13.6 Å². The van der Waals surface area contributed by atoms with Crippen LogP contribution in [-0.2, 0) is 6.54 Å². The molecular formula is C27H25N3O4. The van der Waals surface area contributed by atoms with Crippen molar-refractivity contribution in [2.75, 3.05) is 32.0 Å². The van der Waals surface area contributed by atoms with Crippen LogP contribution in [0, 0.1) is 0 Å². The summed E-state index contributed by atoms with van der Waals surface area (Å²) in [5.74, 6) is 3.26. The first-order valence-electron chi connectivity index (χ1n) is 11.5. The number of hydrogen-bond acceptors (Lipinski definition) is 7. The van der Waals surface area contributed by atoms with Crippen molar-refractivity contribution in [1.82, 2.24) is 10.3 Å². The van der Waals surface area contributed by atoms with Crippen molar-refractivity contribution >= 4 is 16.6 Å². The summed E-state index contributed by atoms with van der Waals surface area (Å²) in [5, 5.41) is 8.16. The Balaban J connectivity index is 1.06. The zero-order valence-corrected chi connectivity index (χ0v) is 18.7. The van der Waals surface area contributed by atoms with E-state index in [9.17, 15) is 0 Å². The van der Waals surface area contributed by atoms with Gasteiger partial charge in [-0.05, 0) is 54.4 Å². The highest BCUT2D eigenvalue weighted by Crippen LogP contribution is 2.37. The summed E-state index contributed by atoms with van der Waals surface area (Å²) >= 11 is 0. The predicted octanol–water partition coefficient (Wildman–Crippen LogP) is 4.95. The van der Waals surface area contributed by atoms with Crippen molar-refractivity contribution < 1.29 is 18.9 Å². The fraction of sp³-hybridized carbons (Fsp3) is 0.222. The van der Waals surface area contributed by atoms with E-state index in [2.05, 4.69) is 39.9 Å². The van der Waals surface area contributed by atoms with Crippen LogP contribution in [0.1, 0.15) is 12.0 Å². The van der Waals surface area contributed by atoms with Gasteiger partial charge in [0.05, 0.1) is 5.52 Å². The largest absolute Gasteiger partial charge is 0.454 e. The van der Waals surface area contributed by atoms with Gasteiger partial charge < -0.3 is 29.6 Å². The summed E-state index contributed by atoms with van der Waals surface area (Å²) in [7, 11) is 0. The molecule has 7 nitrogen and oxygen atoms in total. The van der Waals surface area contributed by atoms with Crippen LogP contribution in [0.5, 0.6) is 23.0 Å². The molecular weight excluding hydrogens is 430 g/mol. The number of nitrogens with zero attached hydrogens (tertiary/aromatic N) is 1. The van der Waals surface area contributed by atoms with E-state index in [0.717, 1.165) is 82.3 Å². The molecule has 6 rings (SSSR count). The lowest BCUT2D eigenvalue weighted by Crippen LogP contribution is -2.18. The molecule has 7 heteroatoms. The van der Waals surface area contributed by atoms with Crippen LogP contribution in [0.2, 0.25) is 0 Å². The minimum Gasteiger partial charge on any atom is -0.454 e. The number of pyridine rings is 1. The van der Waals surface area contributed by atoms with E-state index in [1.165, 1.54) is 0 Å². The average Bonchev–Trinajstić information content (AvgIpc) is 3.55. The third-order valence-corrected chi connectivity index (χ3v) is 6.09. The van der Waals surface area contributed by atoms with Crippen molar-refractivity contribution in [1.29, 1.82) is 0 Å². The molecule has 0 atom stereocenters. The molecule has 0 spiro atoms. The lowest BCUT2D eigenvalue weighted by Gasteiger charge is -2.12. The zero-order chi connectivity index (χ0) is 22.7. The smallest absolute Gasteiger partial charge is 0.231 e. The number of benzene rings is 3. The van der Waals surface area contributed by atoms with Crippen LogP contribution in [0.25, 0.3) is 22.0 Å². The van der Waals surface area contributed by atoms with Crippen molar-refractivity contribution in [3.63, 3.8) is 0 Å². The number of anilines is 1. The number of nitrogens with one attached hydrogen (secondary N) is 2. The topological polar surface area (TPSA) is 73.9 Å². The maximum atomic E-state index is 5.57. The van der Waals surface area contributed by atoms with Crippen LogP contribution in [0.4, 0.5) is 5.69 Å². The van der Waals surface area contributed by atoms with Gasteiger partial charge in [-0.1, -0.05) is 30.3 Å². The molecule has 2 aliphatic rings. The van der Waals surface area contributed by atoms with Crippen LogP contribution < -0.4 is 29.6 Å². The second-order valence-electron chi connectivity index (χ2n) is 8.27. The third kappa shape index (κ3) is 4.06. The lowest BCUT2D eigenvalue weighted by molar-refractivity contribution is 0.173. The molecule has 1 aromatic heterocycles. The van der Waals surface area contributed by atoms with Gasteiger partial charge in [0.15, 0.2) is 23.0 Å². The maximum absolute atomic E-state index is 5.57. The Morgan fingerprint density at radius 1 is 0.765 bits per heavy atom. The Morgan fingerprint density at radius 2 is 1.62 bits per heavy atom. The molecule has 0 radical (unpaired) electrons. The van der Waals surface area contributed by atoms with Crippen molar-refractivity contribution in [2.24, 2.45) is 0 Å². The molecule has 0 saturated heterocycles. The van der Waals surface area contributed by atoms with Crippen LogP contribution in [-0.4, -0.2) is 31.7 Å². The molecule has 0 fully saturated rings. The van der Waals surface area contributed by atoms with E-state index in [4.69, 9.17) is 18.9 Å². The quantitative estimate of drug-likeness (QED) is 0.364. The highest BCUT2D eigenvalue weighted by atomic mass is 16.7. The Bertz CT molecular complexity index is 1340. The molecule has 2 N–H and O–H groups in total. The van der Waals surface area contributed by atoms with Crippen molar-refractivity contribution in [2.45, 2.75) is 13.0 Å². The fourth-order valence-electron chi connectivity index (χ4n) is 4.35. The summed E-state index contributed by atoms with van der Waals surface area (Å²) in [4.78, 5) is 4.59. The van der Waals surface area contributed by atoms with Crippen molar-refractivity contribution in [3.05, 3.63) is 72.4 Å². The van der Waals surface area contributed by atoms with E-state index in [1.807, 2.05) is 42.6 Å². The van der Waals surface area contributed by atoms with Gasteiger partial charge in [-0.2, -0.15) is 0 Å². The molecule has 172 valence electrons. The molecule has 0 bridgehead atoms. The first kappa shape index (κ1) is 20.6. The normalized spacial score (nSPS) is 13.4. The Labute approximate surface area is 197 Å². The minimum absolute atomic E-state index is 0.278. The van der Waals surface area contributed by atoms with E-state index in [1.54, 1.807) is 0 Å². The molecule has 34 heavy (non-hydrogen) atoms. The maximum Gasteiger partial charge on any atom is 0.231 e. The number of aromatic nitrogens is 1. The van der Waals surface area contributed by atoms with Gasteiger partial charge >= 0.3 is 0 Å². The van der Waals surface area contributed by atoms with E-state index in [-0.39, 0.29) is 6.79 Å². The Hall–Kier alpha value is -3.97. The molecule has 0 aliphatic carbocycles. The van der Waals surface area contributed by atoms with Crippen LogP contribution >= 0.6 is 0 Å². The fourth-order valence-corrected chi connectivity index (χ4v) is 4.35. The molecule has 0 amide bonds. The van der Waals surface area contributed by atoms with Gasteiger partial charge in [0.25, 0.3) is 0 Å². The Morgan fingerprint density at radius 3 is 2.62 bits per heavy atom. The number of rotatable bonds is 8. The highest BCUT2D eigenvalue weighted by Gasteiger charge is 2.17. The van der Waals surface area contributed by atoms with E-state index < -0.39 is 0 Å². The standard InChI is InChI=1S/C27H25N3O4/c1-3-20(27-25(4-1)32-17-34-27)15-28-10-2-11-29-22-9-12-30-23-13-18(5-7-21(22)23)19-6-8-24-26(14-19)33-16-31-24/h1,3-9,12-14,28H,2,10-11,15-17H2,(H,29,30). The van der Waals surface area contributed by atoms with Gasteiger partial charge in [-0.3, -0.25) is 4.98 Å². The Kier molecular flexibility index (Phi) is 5.53. The van der Waals surface area contributed by atoms with E-state index in [0.29, 0.717) is 6.79 Å². The second kappa shape index (κ2) is 9.11. The van der Waals surface area contributed by atoms with Gasteiger partial charge in [-0.25, -0.2) is 0 Å². The monoisotopic (exact) mass is 455 g/mol. The number of para-hydroxylation sites is 1. The summed E-state index contributed by atoms with van der Waals surface area (Å²) in [5.41, 5.74) is 5.35. The first-order chi connectivity index (χ1) is 16.8. The molecule has 0 saturated carbocycles. The summed E-state index contributed by atoms with van der Waals surface area (Å²) < 4.78 is 22.0. The minimum atomic E-state index is 0.278. The zero-order valence-electron chi connectivity index (χ0n) is 18.7. The number of ether oxygens (including phenoxy) is 4. The van der Waals surface area contributed by atoms with Crippen LogP contribution in [0.3, 0.4) is 0 Å². The van der Waals surface area contributed by atoms with Gasteiger partial charge in [0, 0.05) is 35.9 Å². The van der Waals surface area contributed by atoms with Crippen LogP contribution in [0.15, 0.2) is 66.9 Å². The molecule has 4 aromatic rings. The summed E-state index contributed by atoms with van der Waals surface area (Å²) in [6.07, 6.45) is 2.84. The number of fused-ring (bicyclic) bond motifs is 3. The SMILES string of the molecule is c1cc(CNCCCNc2ccnc3cc(-c4ccc5c(c4)OCO5)ccc23)c2c(c1)OCO2. The first-order valence-corrected chi connectivity index (χ1v) is 11.5. The predicted molar refractivity (Wildman–Crippen MR) is 131 cm³/mol. The number of hydrogen-bond donors (Lipinski definition) is 2. The average molecular weight is 456 g/mol. The van der Waals surface area contributed by atoms with Gasteiger partial charge in [-0.15, -0.1) is 0 Å². The molecule has 3 aromatic carbocycles. The van der Waals surface area contributed by atoms with Gasteiger partial charge in [0.1, 0.15) is 0 Å². The third-order valence-electron chi connectivity index (χ3n) is 6.09. The highest BCUT2D eigenvalue weighted by molar-refractivity contribution is 5.93. The molecule has 3 heterocycles. The lowest BCUT2D eigenvalue weighted by atomic mass is 10.0. The molecule has 2 aliphatic heterocycles. The summed E-state index contributed by atoms with van der Waals surface area (Å²) in [6, 6.07) is 20.4. The van der Waals surface area contributed by atoms with Crippen molar-refractivity contribution in [3.8, 4) is 34.1 Å². The summed E-state index contributed by atoms with van der Waals surface area (Å²) in [6.45, 7) is 3.10. The van der Waals surface area contributed by atoms with E-state index >= 15 is 0 Å². The molecule has 0 unspecified atom stereocenters.